The van der Waals surface area contributed by atoms with Crippen LogP contribution >= 0.6 is 27.5 Å². The topological polar surface area (TPSA) is 43.1 Å². The summed E-state index contributed by atoms with van der Waals surface area (Å²) < 4.78 is 13.2. The predicted octanol–water partition coefficient (Wildman–Crippen LogP) is 2.34. The van der Waals surface area contributed by atoms with Crippen LogP contribution in [-0.2, 0) is 0 Å². The van der Waals surface area contributed by atoms with Gasteiger partial charge >= 0.3 is 0 Å². The molecule has 0 fully saturated rings. The summed E-state index contributed by atoms with van der Waals surface area (Å²) in [7, 11) is 0. The Labute approximate surface area is 81.6 Å². The van der Waals surface area contributed by atoms with Gasteiger partial charge in [-0.1, -0.05) is 11.6 Å². The van der Waals surface area contributed by atoms with E-state index in [-0.39, 0.29) is 15.1 Å². The van der Waals surface area contributed by atoms with Gasteiger partial charge in [-0.2, -0.15) is 0 Å². The van der Waals surface area contributed by atoms with Gasteiger partial charge in [0.1, 0.15) is 0 Å². The highest BCUT2D eigenvalue weighted by Crippen LogP contribution is 2.25. The van der Waals surface area contributed by atoms with E-state index in [1.165, 1.54) is 12.1 Å². The van der Waals surface area contributed by atoms with Crippen LogP contribution in [0.2, 0.25) is 5.02 Å². The first kappa shape index (κ1) is 9.48. The standard InChI is InChI=1S/C7H4BrClFNO/c8-3-1-2-4(9)5(6(3)10)7(11)12/h1-2H,(H2,11,12). The Hall–Kier alpha value is -0.610. The van der Waals surface area contributed by atoms with Crippen LogP contribution < -0.4 is 5.73 Å². The van der Waals surface area contributed by atoms with E-state index in [1.54, 1.807) is 0 Å². The third kappa shape index (κ3) is 1.59. The third-order valence-corrected chi connectivity index (χ3v) is 2.22. The maximum Gasteiger partial charge on any atom is 0.253 e. The number of rotatable bonds is 1. The minimum absolute atomic E-state index is 0.0169. The van der Waals surface area contributed by atoms with E-state index in [4.69, 9.17) is 17.3 Å². The number of primary amides is 1. The zero-order valence-electron chi connectivity index (χ0n) is 5.77. The monoisotopic (exact) mass is 251 g/mol. The minimum atomic E-state index is -0.876. The van der Waals surface area contributed by atoms with Crippen molar-refractivity contribution in [1.29, 1.82) is 0 Å². The van der Waals surface area contributed by atoms with Gasteiger partial charge in [-0.3, -0.25) is 4.79 Å². The number of carbonyl (C=O) groups excluding carboxylic acids is 1. The van der Waals surface area contributed by atoms with Gasteiger partial charge in [0.15, 0.2) is 5.82 Å². The molecule has 1 rings (SSSR count). The lowest BCUT2D eigenvalue weighted by Crippen LogP contribution is -2.14. The van der Waals surface area contributed by atoms with E-state index < -0.39 is 11.7 Å². The summed E-state index contributed by atoms with van der Waals surface area (Å²) in [5.41, 5.74) is 4.61. The first-order chi connectivity index (χ1) is 5.54. The molecule has 1 aromatic rings. The number of benzene rings is 1. The van der Waals surface area contributed by atoms with Crippen LogP contribution in [-0.4, -0.2) is 5.91 Å². The summed E-state index contributed by atoms with van der Waals surface area (Å²) in [4.78, 5) is 10.7. The maximum absolute atomic E-state index is 13.1. The number of hydrogen-bond acceptors (Lipinski definition) is 1. The third-order valence-electron chi connectivity index (χ3n) is 1.29. The molecule has 0 saturated carbocycles. The Morgan fingerprint density at radius 2 is 2.17 bits per heavy atom. The van der Waals surface area contributed by atoms with Crippen LogP contribution in [0.5, 0.6) is 0 Å². The Kier molecular flexibility index (Phi) is 2.69. The fourth-order valence-corrected chi connectivity index (χ4v) is 1.32. The minimum Gasteiger partial charge on any atom is -0.365 e. The molecule has 0 aliphatic rings. The van der Waals surface area contributed by atoms with Crippen molar-refractivity contribution in [1.82, 2.24) is 0 Å². The normalized spacial score (nSPS) is 9.92. The summed E-state index contributed by atoms with van der Waals surface area (Å²) in [5.74, 6) is -1.60. The zero-order valence-corrected chi connectivity index (χ0v) is 8.12. The Balaban J connectivity index is 3.43. The molecular weight excluding hydrogens is 248 g/mol. The fourth-order valence-electron chi connectivity index (χ4n) is 0.753. The number of carbonyl (C=O) groups is 1. The number of halogens is 3. The van der Waals surface area contributed by atoms with E-state index in [1.807, 2.05) is 0 Å². The van der Waals surface area contributed by atoms with Crippen molar-refractivity contribution in [2.45, 2.75) is 0 Å². The van der Waals surface area contributed by atoms with Gasteiger partial charge in [-0.05, 0) is 28.1 Å². The first-order valence-corrected chi connectivity index (χ1v) is 4.14. The Morgan fingerprint density at radius 1 is 1.58 bits per heavy atom. The average Bonchev–Trinajstić information content (AvgIpc) is 1.97. The summed E-state index contributed by atoms with van der Waals surface area (Å²) in [6.45, 7) is 0. The molecule has 1 amide bonds. The van der Waals surface area contributed by atoms with Crippen molar-refractivity contribution in [2.24, 2.45) is 5.73 Å². The molecule has 12 heavy (non-hydrogen) atoms. The molecule has 0 bridgehead atoms. The van der Waals surface area contributed by atoms with Gasteiger partial charge in [-0.25, -0.2) is 4.39 Å². The lowest BCUT2D eigenvalue weighted by molar-refractivity contribution is 0.0996. The molecule has 0 radical (unpaired) electrons. The lowest BCUT2D eigenvalue weighted by atomic mass is 10.2. The van der Waals surface area contributed by atoms with Crippen molar-refractivity contribution >= 4 is 33.4 Å². The molecule has 0 aliphatic carbocycles. The second-order valence-corrected chi connectivity index (χ2v) is 3.34. The molecule has 0 aliphatic heterocycles. The molecule has 0 unspecified atom stereocenters. The highest BCUT2D eigenvalue weighted by Gasteiger charge is 2.15. The molecule has 0 heterocycles. The molecule has 2 nitrogen and oxygen atoms in total. The van der Waals surface area contributed by atoms with E-state index in [9.17, 15) is 9.18 Å². The van der Waals surface area contributed by atoms with Crippen LogP contribution in [0, 0.1) is 5.82 Å². The van der Waals surface area contributed by atoms with E-state index in [0.717, 1.165) is 0 Å². The first-order valence-electron chi connectivity index (χ1n) is 2.97. The van der Waals surface area contributed by atoms with E-state index in [2.05, 4.69) is 15.9 Å². The number of hydrogen-bond donors (Lipinski definition) is 1. The van der Waals surface area contributed by atoms with Crippen molar-refractivity contribution in [3.05, 3.63) is 33.0 Å². The van der Waals surface area contributed by atoms with E-state index in [0.29, 0.717) is 0 Å². The second-order valence-electron chi connectivity index (χ2n) is 2.08. The zero-order chi connectivity index (χ0) is 9.30. The van der Waals surface area contributed by atoms with Crippen LogP contribution in [0.25, 0.3) is 0 Å². The van der Waals surface area contributed by atoms with Crippen molar-refractivity contribution < 1.29 is 9.18 Å². The summed E-state index contributed by atoms with van der Waals surface area (Å²) in [6.07, 6.45) is 0. The van der Waals surface area contributed by atoms with Crippen LogP contribution in [0.1, 0.15) is 10.4 Å². The van der Waals surface area contributed by atoms with Crippen molar-refractivity contribution in [3.63, 3.8) is 0 Å². The molecule has 0 saturated heterocycles. The molecule has 0 aromatic heterocycles. The van der Waals surface area contributed by atoms with E-state index >= 15 is 0 Å². The van der Waals surface area contributed by atoms with Gasteiger partial charge in [0.2, 0.25) is 0 Å². The number of amides is 1. The largest absolute Gasteiger partial charge is 0.365 e. The van der Waals surface area contributed by atoms with Gasteiger partial charge in [0.05, 0.1) is 15.1 Å². The summed E-state index contributed by atoms with van der Waals surface area (Å²) in [5, 5.41) is 0.0169. The lowest BCUT2D eigenvalue weighted by Gasteiger charge is -2.02. The van der Waals surface area contributed by atoms with Crippen LogP contribution in [0.3, 0.4) is 0 Å². The highest BCUT2D eigenvalue weighted by molar-refractivity contribution is 9.10. The highest BCUT2D eigenvalue weighted by atomic mass is 79.9. The number of nitrogens with two attached hydrogens (primary N) is 1. The maximum atomic E-state index is 13.1. The quantitative estimate of drug-likeness (QED) is 0.766. The SMILES string of the molecule is NC(=O)c1c(Cl)ccc(Br)c1F. The van der Waals surface area contributed by atoms with Gasteiger partial charge in [0.25, 0.3) is 5.91 Å². The molecule has 2 N–H and O–H groups in total. The molecule has 0 atom stereocenters. The molecule has 5 heteroatoms. The molecular formula is C7H4BrClFNO. The fraction of sp³-hybridized carbons (Fsp3) is 0. The van der Waals surface area contributed by atoms with Crippen LogP contribution in [0.4, 0.5) is 4.39 Å². The molecule has 64 valence electrons. The smallest absolute Gasteiger partial charge is 0.253 e. The van der Waals surface area contributed by atoms with Crippen molar-refractivity contribution in [2.75, 3.05) is 0 Å². The average molecular weight is 252 g/mol. The summed E-state index contributed by atoms with van der Waals surface area (Å²) in [6, 6.07) is 2.80. The Bertz CT molecular complexity index is 342. The second kappa shape index (κ2) is 3.41. The van der Waals surface area contributed by atoms with Gasteiger partial charge in [0, 0.05) is 0 Å². The summed E-state index contributed by atoms with van der Waals surface area (Å²) >= 11 is 8.44. The van der Waals surface area contributed by atoms with Crippen molar-refractivity contribution in [3.8, 4) is 0 Å². The van der Waals surface area contributed by atoms with Gasteiger partial charge < -0.3 is 5.73 Å². The van der Waals surface area contributed by atoms with Gasteiger partial charge in [-0.15, -0.1) is 0 Å². The molecule has 1 aromatic carbocycles. The Morgan fingerprint density at radius 3 is 2.58 bits per heavy atom. The molecule has 0 spiro atoms. The van der Waals surface area contributed by atoms with Crippen LogP contribution in [0.15, 0.2) is 16.6 Å². The predicted molar refractivity (Wildman–Crippen MR) is 47.6 cm³/mol.